The van der Waals surface area contributed by atoms with Crippen LogP contribution >= 0.6 is 12.4 Å². The molecule has 0 spiro atoms. The van der Waals surface area contributed by atoms with Crippen LogP contribution in [0, 0.1) is 5.41 Å². The number of rotatable bonds is 4. The molecule has 17 heavy (non-hydrogen) atoms. The summed E-state index contributed by atoms with van der Waals surface area (Å²) in [5, 5.41) is 6.57. The Balaban J connectivity index is 0.00000144. The SMILES string of the molecule is CC1(C(=O)NCC[C@H]2CCCN2)CCCC1.Cl. The van der Waals surface area contributed by atoms with Gasteiger partial charge in [0, 0.05) is 18.0 Å². The lowest BCUT2D eigenvalue weighted by Gasteiger charge is -2.22. The van der Waals surface area contributed by atoms with Crippen molar-refractivity contribution in [3.63, 3.8) is 0 Å². The molecule has 0 aromatic rings. The van der Waals surface area contributed by atoms with Gasteiger partial charge >= 0.3 is 0 Å². The van der Waals surface area contributed by atoms with E-state index in [2.05, 4.69) is 17.6 Å². The Kier molecular flexibility index (Phi) is 5.74. The maximum Gasteiger partial charge on any atom is 0.225 e. The minimum absolute atomic E-state index is 0. The van der Waals surface area contributed by atoms with E-state index in [-0.39, 0.29) is 23.7 Å². The van der Waals surface area contributed by atoms with Gasteiger partial charge in [-0.1, -0.05) is 19.8 Å². The predicted octanol–water partition coefficient (Wildman–Crippen LogP) is 2.25. The van der Waals surface area contributed by atoms with Crippen LogP contribution < -0.4 is 10.6 Å². The topological polar surface area (TPSA) is 41.1 Å². The molecule has 1 heterocycles. The Morgan fingerprint density at radius 1 is 1.35 bits per heavy atom. The highest BCUT2D eigenvalue weighted by atomic mass is 35.5. The van der Waals surface area contributed by atoms with Crippen molar-refractivity contribution in [2.24, 2.45) is 5.41 Å². The zero-order chi connectivity index (χ0) is 11.4. The molecule has 2 fully saturated rings. The third-order valence-electron chi connectivity index (χ3n) is 4.20. The fourth-order valence-corrected chi connectivity index (χ4v) is 2.96. The van der Waals surface area contributed by atoms with Crippen molar-refractivity contribution >= 4 is 18.3 Å². The summed E-state index contributed by atoms with van der Waals surface area (Å²) in [7, 11) is 0. The monoisotopic (exact) mass is 260 g/mol. The average molecular weight is 261 g/mol. The van der Waals surface area contributed by atoms with Gasteiger partial charge in [0.2, 0.25) is 5.91 Å². The van der Waals surface area contributed by atoms with Gasteiger partial charge < -0.3 is 10.6 Å². The van der Waals surface area contributed by atoms with E-state index in [1.165, 1.54) is 25.7 Å². The molecule has 0 bridgehead atoms. The molecular formula is C13H25ClN2O. The van der Waals surface area contributed by atoms with Crippen LogP contribution in [0.2, 0.25) is 0 Å². The summed E-state index contributed by atoms with van der Waals surface area (Å²) < 4.78 is 0. The quantitative estimate of drug-likeness (QED) is 0.814. The fraction of sp³-hybridized carbons (Fsp3) is 0.923. The molecule has 2 rings (SSSR count). The van der Waals surface area contributed by atoms with Gasteiger partial charge in [0.25, 0.3) is 0 Å². The zero-order valence-corrected chi connectivity index (χ0v) is 11.6. The molecule has 1 amide bonds. The maximum absolute atomic E-state index is 12.0. The molecule has 0 aromatic heterocycles. The number of nitrogens with one attached hydrogen (secondary N) is 2. The van der Waals surface area contributed by atoms with E-state index in [0.29, 0.717) is 6.04 Å². The van der Waals surface area contributed by atoms with E-state index in [0.717, 1.165) is 32.4 Å². The molecule has 1 aliphatic heterocycles. The van der Waals surface area contributed by atoms with Gasteiger partial charge in [0.05, 0.1) is 0 Å². The van der Waals surface area contributed by atoms with Gasteiger partial charge in [-0.2, -0.15) is 0 Å². The molecule has 100 valence electrons. The summed E-state index contributed by atoms with van der Waals surface area (Å²) in [5.74, 6) is 0.281. The zero-order valence-electron chi connectivity index (χ0n) is 10.8. The second-order valence-electron chi connectivity index (χ2n) is 5.61. The first-order chi connectivity index (χ1) is 7.71. The predicted molar refractivity (Wildman–Crippen MR) is 72.5 cm³/mol. The fourth-order valence-electron chi connectivity index (χ4n) is 2.96. The van der Waals surface area contributed by atoms with Crippen molar-refractivity contribution in [1.82, 2.24) is 10.6 Å². The van der Waals surface area contributed by atoms with Gasteiger partial charge in [0.1, 0.15) is 0 Å². The lowest BCUT2D eigenvalue weighted by molar-refractivity contribution is -0.129. The highest BCUT2D eigenvalue weighted by Crippen LogP contribution is 2.37. The molecule has 2 aliphatic rings. The highest BCUT2D eigenvalue weighted by molar-refractivity contribution is 5.85. The van der Waals surface area contributed by atoms with E-state index < -0.39 is 0 Å². The lowest BCUT2D eigenvalue weighted by atomic mass is 9.88. The van der Waals surface area contributed by atoms with Crippen LogP contribution in [0.5, 0.6) is 0 Å². The molecule has 0 unspecified atom stereocenters. The van der Waals surface area contributed by atoms with Crippen LogP contribution in [-0.4, -0.2) is 25.0 Å². The molecule has 1 aliphatic carbocycles. The smallest absolute Gasteiger partial charge is 0.225 e. The van der Waals surface area contributed by atoms with E-state index in [1.807, 2.05) is 0 Å². The molecule has 0 radical (unpaired) electrons. The lowest BCUT2D eigenvalue weighted by Crippen LogP contribution is -2.39. The molecule has 1 atom stereocenters. The van der Waals surface area contributed by atoms with E-state index in [4.69, 9.17) is 0 Å². The minimum atomic E-state index is -0.0664. The normalized spacial score (nSPS) is 26.5. The van der Waals surface area contributed by atoms with Crippen LogP contribution in [0.25, 0.3) is 0 Å². The molecule has 4 heteroatoms. The molecular weight excluding hydrogens is 236 g/mol. The van der Waals surface area contributed by atoms with Gasteiger partial charge in [-0.25, -0.2) is 0 Å². The Bertz CT molecular complexity index is 246. The number of hydrogen-bond donors (Lipinski definition) is 2. The third-order valence-corrected chi connectivity index (χ3v) is 4.20. The molecule has 2 N–H and O–H groups in total. The Morgan fingerprint density at radius 2 is 2.06 bits per heavy atom. The van der Waals surface area contributed by atoms with Crippen LogP contribution in [0.3, 0.4) is 0 Å². The summed E-state index contributed by atoms with van der Waals surface area (Å²) in [6.45, 7) is 4.10. The minimum Gasteiger partial charge on any atom is -0.356 e. The van der Waals surface area contributed by atoms with Gasteiger partial charge in [-0.05, 0) is 38.6 Å². The van der Waals surface area contributed by atoms with Crippen molar-refractivity contribution in [2.45, 2.75) is 57.9 Å². The van der Waals surface area contributed by atoms with Crippen molar-refractivity contribution in [1.29, 1.82) is 0 Å². The summed E-state index contributed by atoms with van der Waals surface area (Å²) in [6, 6.07) is 0.636. The third kappa shape index (κ3) is 3.85. The Hall–Kier alpha value is -0.280. The van der Waals surface area contributed by atoms with Crippen LogP contribution in [0.1, 0.15) is 51.9 Å². The second kappa shape index (κ2) is 6.60. The molecule has 1 saturated carbocycles. The maximum atomic E-state index is 12.0. The van der Waals surface area contributed by atoms with Crippen molar-refractivity contribution in [3.8, 4) is 0 Å². The van der Waals surface area contributed by atoms with E-state index >= 15 is 0 Å². The largest absolute Gasteiger partial charge is 0.356 e. The van der Waals surface area contributed by atoms with Gasteiger partial charge in [-0.3, -0.25) is 4.79 Å². The number of halogens is 1. The second-order valence-corrected chi connectivity index (χ2v) is 5.61. The summed E-state index contributed by atoms with van der Waals surface area (Å²) >= 11 is 0. The molecule has 0 aromatic carbocycles. The first kappa shape index (κ1) is 14.8. The van der Waals surface area contributed by atoms with Crippen molar-refractivity contribution in [2.75, 3.05) is 13.1 Å². The first-order valence-corrected chi connectivity index (χ1v) is 6.72. The van der Waals surface area contributed by atoms with E-state index in [1.54, 1.807) is 0 Å². The molecule has 1 saturated heterocycles. The average Bonchev–Trinajstić information content (AvgIpc) is 2.90. The van der Waals surface area contributed by atoms with Crippen LogP contribution in [0.4, 0.5) is 0 Å². The number of hydrogen-bond acceptors (Lipinski definition) is 2. The Labute approximate surface area is 111 Å². The van der Waals surface area contributed by atoms with Crippen LogP contribution in [-0.2, 0) is 4.79 Å². The van der Waals surface area contributed by atoms with Crippen LogP contribution in [0.15, 0.2) is 0 Å². The summed E-state index contributed by atoms with van der Waals surface area (Å²) in [5.41, 5.74) is -0.0664. The molecule has 3 nitrogen and oxygen atoms in total. The summed E-state index contributed by atoms with van der Waals surface area (Å²) in [4.78, 5) is 12.0. The van der Waals surface area contributed by atoms with E-state index in [9.17, 15) is 4.79 Å². The standard InChI is InChI=1S/C13H24N2O.ClH/c1-13(7-2-3-8-13)12(16)15-10-6-11-5-4-9-14-11;/h11,14H,2-10H2,1H3,(H,15,16);1H/t11-;/m1./s1. The summed E-state index contributed by atoms with van der Waals surface area (Å²) in [6.07, 6.45) is 8.22. The number of amides is 1. The van der Waals surface area contributed by atoms with Gasteiger partial charge in [0.15, 0.2) is 0 Å². The number of carbonyl (C=O) groups is 1. The van der Waals surface area contributed by atoms with Crippen molar-refractivity contribution < 1.29 is 4.79 Å². The first-order valence-electron chi connectivity index (χ1n) is 6.72. The number of carbonyl (C=O) groups excluding carboxylic acids is 1. The Morgan fingerprint density at radius 3 is 2.65 bits per heavy atom. The van der Waals surface area contributed by atoms with Gasteiger partial charge in [-0.15, -0.1) is 12.4 Å². The van der Waals surface area contributed by atoms with Crippen molar-refractivity contribution in [3.05, 3.63) is 0 Å². The highest BCUT2D eigenvalue weighted by Gasteiger charge is 2.35.